The summed E-state index contributed by atoms with van der Waals surface area (Å²) in [7, 11) is 1.00. The van der Waals surface area contributed by atoms with Crippen molar-refractivity contribution in [3.63, 3.8) is 0 Å². The zero-order chi connectivity index (χ0) is 25.0. The van der Waals surface area contributed by atoms with Crippen LogP contribution in [0.2, 0.25) is 0 Å². The molecule has 1 unspecified atom stereocenters. The van der Waals surface area contributed by atoms with Crippen molar-refractivity contribution in [3.05, 3.63) is 0 Å². The highest BCUT2D eigenvalue weighted by Crippen LogP contribution is 2.57. The van der Waals surface area contributed by atoms with Crippen LogP contribution in [0.25, 0.3) is 0 Å². The Bertz CT molecular complexity index is 417. The number of ether oxygens (including phenoxy) is 1. The summed E-state index contributed by atoms with van der Waals surface area (Å²) in [5, 5.41) is 24.7. The van der Waals surface area contributed by atoms with E-state index in [1.807, 2.05) is 0 Å². The van der Waals surface area contributed by atoms with Gasteiger partial charge in [-0.15, -0.1) is 0 Å². The Hall–Kier alpha value is -0.450. The molecule has 0 aliphatic heterocycles. The highest BCUT2D eigenvalue weighted by atomic mass is 79.9. The molecule has 30 heavy (non-hydrogen) atoms. The van der Waals surface area contributed by atoms with Crippen LogP contribution in [0.15, 0.2) is 0 Å². The molecule has 16 heteroatoms. The minimum Gasteiger partial charge on any atom is -0.400 e. The van der Waals surface area contributed by atoms with Gasteiger partial charge in [-0.2, -0.15) is 48.3 Å². The van der Waals surface area contributed by atoms with Crippen molar-refractivity contribution in [2.45, 2.75) is 62.3 Å². The van der Waals surface area contributed by atoms with Crippen LogP contribution in [0, 0.1) is 0 Å². The van der Waals surface area contributed by atoms with Gasteiger partial charge in [0.1, 0.15) is 0 Å². The molecule has 1 atom stereocenters. The lowest BCUT2D eigenvalue weighted by atomic mass is 10.0. The zero-order valence-electron chi connectivity index (χ0n) is 15.6. The van der Waals surface area contributed by atoms with Crippen LogP contribution >= 0.6 is 15.9 Å². The molecule has 186 valence electrons. The number of unbranched alkanes of at least 4 members (excludes halogenated alkanes) is 1. The molecule has 0 saturated carbocycles. The molecule has 0 aliphatic carbocycles. The normalized spacial score (nSPS) is 14.3. The summed E-state index contributed by atoms with van der Waals surface area (Å²) in [6.07, 6.45) is -14.6. The highest BCUT2D eigenvalue weighted by Gasteiger charge is 2.87. The van der Waals surface area contributed by atoms with Gasteiger partial charge in [0.15, 0.2) is 0 Å². The standard InChI is InChI=1S/C9H9F11O2.C4H9BrO.CH4O/c10-5(11,8(15,16)17)7(14,22-4-2-1-3-21)6(12,13)9(18,19)20;1-4(6)2-3-5;1-2/h21H,1-4H2;4,6H,2-3H2,1H3;2H,1H3. The third kappa shape index (κ3) is 9.36. The molecule has 4 nitrogen and oxygen atoms in total. The Kier molecular flexibility index (Phi) is 15.8. The van der Waals surface area contributed by atoms with Crippen molar-refractivity contribution in [2.24, 2.45) is 0 Å². The summed E-state index contributed by atoms with van der Waals surface area (Å²) in [4.78, 5) is 0. The molecule has 0 aromatic rings. The first-order valence-corrected chi connectivity index (χ1v) is 8.97. The molecule has 0 saturated heterocycles. The lowest BCUT2D eigenvalue weighted by Crippen LogP contribution is -2.69. The monoisotopic (exact) mass is 542 g/mol. The highest BCUT2D eigenvalue weighted by molar-refractivity contribution is 9.09. The fourth-order valence-electron chi connectivity index (χ4n) is 1.33. The molecular weight excluding hydrogens is 521 g/mol. The van der Waals surface area contributed by atoms with Gasteiger partial charge in [-0.25, -0.2) is 0 Å². The van der Waals surface area contributed by atoms with E-state index in [-0.39, 0.29) is 6.10 Å². The van der Waals surface area contributed by atoms with E-state index >= 15 is 0 Å². The Morgan fingerprint density at radius 2 is 1.17 bits per heavy atom. The number of hydrogen-bond donors (Lipinski definition) is 3. The molecule has 0 fully saturated rings. The van der Waals surface area contributed by atoms with Crippen LogP contribution in [-0.4, -0.2) is 77.1 Å². The van der Waals surface area contributed by atoms with Crippen LogP contribution in [0.5, 0.6) is 0 Å². The second-order valence-corrected chi connectivity index (χ2v) is 6.14. The topological polar surface area (TPSA) is 69.9 Å². The second-order valence-electron chi connectivity index (χ2n) is 5.35. The van der Waals surface area contributed by atoms with E-state index in [0.29, 0.717) is 0 Å². The summed E-state index contributed by atoms with van der Waals surface area (Å²) in [5.74, 6) is -21.0. The summed E-state index contributed by atoms with van der Waals surface area (Å²) < 4.78 is 140. The molecule has 0 bridgehead atoms. The maximum absolute atomic E-state index is 13.5. The van der Waals surface area contributed by atoms with Crippen molar-refractivity contribution in [2.75, 3.05) is 25.7 Å². The van der Waals surface area contributed by atoms with E-state index < -0.39 is 56.1 Å². The van der Waals surface area contributed by atoms with Gasteiger partial charge in [0, 0.05) is 19.0 Å². The van der Waals surface area contributed by atoms with Crippen molar-refractivity contribution in [3.8, 4) is 0 Å². The third-order valence-corrected chi connectivity index (χ3v) is 3.36. The van der Waals surface area contributed by atoms with E-state index in [4.69, 9.17) is 15.3 Å². The van der Waals surface area contributed by atoms with Crippen LogP contribution in [0.1, 0.15) is 26.2 Å². The lowest BCUT2D eigenvalue weighted by Gasteiger charge is -2.39. The molecule has 0 aromatic heterocycles. The molecule has 0 radical (unpaired) electrons. The van der Waals surface area contributed by atoms with Gasteiger partial charge < -0.3 is 20.1 Å². The van der Waals surface area contributed by atoms with E-state index in [1.165, 1.54) is 0 Å². The number of halogens is 12. The first-order chi connectivity index (χ1) is 13.3. The smallest absolute Gasteiger partial charge is 0.400 e. The number of hydrogen-bond acceptors (Lipinski definition) is 4. The van der Waals surface area contributed by atoms with E-state index in [0.717, 1.165) is 18.9 Å². The van der Waals surface area contributed by atoms with Crippen LogP contribution < -0.4 is 0 Å². The molecule has 0 rings (SSSR count). The first kappa shape index (κ1) is 34.2. The fourth-order valence-corrected chi connectivity index (χ4v) is 1.99. The predicted molar refractivity (Wildman–Crippen MR) is 86.3 cm³/mol. The summed E-state index contributed by atoms with van der Waals surface area (Å²) in [6, 6.07) is 0. The third-order valence-electron chi connectivity index (χ3n) is 2.90. The second kappa shape index (κ2) is 13.9. The van der Waals surface area contributed by atoms with Crippen LogP contribution in [0.3, 0.4) is 0 Å². The molecule has 0 amide bonds. The average molecular weight is 543 g/mol. The Morgan fingerprint density at radius 1 is 0.800 bits per heavy atom. The summed E-state index contributed by atoms with van der Waals surface area (Å²) in [6.45, 7) is -0.552. The maximum atomic E-state index is 13.5. The van der Waals surface area contributed by atoms with Gasteiger partial charge in [-0.05, 0) is 26.2 Å². The fraction of sp³-hybridized carbons (Fsp3) is 1.00. The largest absolute Gasteiger partial charge is 0.459 e. The van der Waals surface area contributed by atoms with Gasteiger partial charge in [0.2, 0.25) is 0 Å². The van der Waals surface area contributed by atoms with E-state index in [9.17, 15) is 48.3 Å². The van der Waals surface area contributed by atoms with Crippen LogP contribution in [-0.2, 0) is 4.74 Å². The van der Waals surface area contributed by atoms with E-state index in [2.05, 4.69) is 20.7 Å². The van der Waals surface area contributed by atoms with Gasteiger partial charge in [-0.1, -0.05) is 15.9 Å². The molecule has 3 N–H and O–H groups in total. The molecule has 0 heterocycles. The SMILES string of the molecule is CC(O)CCBr.CO.OCCCCOC(F)(C(F)(F)C(F)(F)F)C(F)(F)C(F)(F)F. The maximum Gasteiger partial charge on any atom is 0.459 e. The van der Waals surface area contributed by atoms with E-state index in [1.54, 1.807) is 6.92 Å². The number of aliphatic hydroxyl groups excluding tert-OH is 3. The molecule has 0 aromatic carbocycles. The average Bonchev–Trinajstić information content (AvgIpc) is 2.58. The van der Waals surface area contributed by atoms with Gasteiger partial charge in [0.05, 0.1) is 12.7 Å². The van der Waals surface area contributed by atoms with Gasteiger partial charge in [0.25, 0.3) is 0 Å². The predicted octanol–water partition coefficient (Wildman–Crippen LogP) is 4.60. The quantitative estimate of drug-likeness (QED) is 0.226. The summed E-state index contributed by atoms with van der Waals surface area (Å²) >= 11 is 3.19. The van der Waals surface area contributed by atoms with Crippen molar-refractivity contribution in [1.29, 1.82) is 0 Å². The van der Waals surface area contributed by atoms with Crippen molar-refractivity contribution >= 4 is 15.9 Å². The minimum absolute atomic E-state index is 0.149. The Morgan fingerprint density at radius 3 is 1.37 bits per heavy atom. The number of aliphatic hydroxyl groups is 3. The molecular formula is C14H22BrF11O4. The van der Waals surface area contributed by atoms with Crippen molar-refractivity contribution < 1.29 is 68.4 Å². The van der Waals surface area contributed by atoms with Crippen molar-refractivity contribution in [1.82, 2.24) is 0 Å². The summed E-state index contributed by atoms with van der Waals surface area (Å²) in [5.41, 5.74) is 0. The Balaban J connectivity index is -0.000000775. The van der Waals surface area contributed by atoms with Gasteiger partial charge in [-0.3, -0.25) is 0 Å². The number of rotatable bonds is 9. The van der Waals surface area contributed by atoms with Crippen LogP contribution in [0.4, 0.5) is 48.3 Å². The first-order valence-electron chi connectivity index (χ1n) is 7.85. The zero-order valence-corrected chi connectivity index (χ0v) is 17.2. The van der Waals surface area contributed by atoms with Gasteiger partial charge >= 0.3 is 30.1 Å². The lowest BCUT2D eigenvalue weighted by molar-refractivity contribution is -0.466. The molecule has 0 spiro atoms. The number of alkyl halides is 12. The Labute approximate surface area is 173 Å². The molecule has 0 aliphatic rings. The minimum atomic E-state index is -7.14.